The number of ether oxygens (including phenoxy) is 1. The van der Waals surface area contributed by atoms with Gasteiger partial charge in [0.1, 0.15) is 18.4 Å². The Bertz CT molecular complexity index is 436. The van der Waals surface area contributed by atoms with Crippen LogP contribution in [0.15, 0.2) is 18.2 Å². The number of fused-ring (bicyclic) bond motifs is 1. The molecule has 0 aromatic heterocycles. The molecule has 0 amide bonds. The van der Waals surface area contributed by atoms with Crippen LogP contribution in [0.3, 0.4) is 0 Å². The summed E-state index contributed by atoms with van der Waals surface area (Å²) in [5, 5.41) is 8.90. The number of aryl methyl sites for hydroxylation is 1. The smallest absolute Gasteiger partial charge is 0.143 e. The van der Waals surface area contributed by atoms with Gasteiger partial charge in [-0.15, -0.1) is 0 Å². The highest BCUT2D eigenvalue weighted by molar-refractivity contribution is 5.62. The average Bonchev–Trinajstić information content (AvgIpc) is 2.38. The summed E-state index contributed by atoms with van der Waals surface area (Å²) in [7, 11) is 0. The second-order valence-corrected chi connectivity index (χ2v) is 4.34. The van der Waals surface area contributed by atoms with Crippen molar-refractivity contribution >= 4 is 5.69 Å². The highest BCUT2D eigenvalue weighted by Gasteiger charge is 2.24. The van der Waals surface area contributed by atoms with Crippen LogP contribution in [-0.2, 0) is 6.42 Å². The molecule has 0 spiro atoms. The Morgan fingerprint density at radius 2 is 2.29 bits per heavy atom. The molecule has 17 heavy (non-hydrogen) atoms. The first kappa shape index (κ1) is 11.8. The number of nitriles is 1. The van der Waals surface area contributed by atoms with Gasteiger partial charge >= 0.3 is 0 Å². The number of hydrogen-bond donors (Lipinski definition) is 0. The molecule has 0 radical (unpaired) electrons. The van der Waals surface area contributed by atoms with E-state index in [0.29, 0.717) is 6.54 Å². The predicted octanol–water partition coefficient (Wildman–Crippen LogP) is 2.75. The lowest BCUT2D eigenvalue weighted by Crippen LogP contribution is -2.39. The molecule has 1 aliphatic rings. The topological polar surface area (TPSA) is 36.3 Å². The van der Waals surface area contributed by atoms with E-state index in [1.165, 1.54) is 5.56 Å². The third kappa shape index (κ3) is 2.36. The Kier molecular flexibility index (Phi) is 3.53. The van der Waals surface area contributed by atoms with E-state index in [4.69, 9.17) is 10.00 Å². The molecule has 1 atom stereocenters. The Morgan fingerprint density at radius 3 is 2.94 bits per heavy atom. The fourth-order valence-corrected chi connectivity index (χ4v) is 2.14. The van der Waals surface area contributed by atoms with Gasteiger partial charge in [0.25, 0.3) is 0 Å². The molecule has 1 aromatic rings. The van der Waals surface area contributed by atoms with E-state index in [-0.39, 0.29) is 6.10 Å². The Morgan fingerprint density at radius 1 is 1.47 bits per heavy atom. The average molecular weight is 230 g/mol. The number of anilines is 1. The second kappa shape index (κ2) is 5.09. The molecular weight excluding hydrogens is 212 g/mol. The van der Waals surface area contributed by atoms with Crippen LogP contribution in [0, 0.1) is 11.3 Å². The fraction of sp³-hybridized carbons (Fsp3) is 0.500. The van der Waals surface area contributed by atoms with Crippen molar-refractivity contribution in [3.8, 4) is 11.8 Å². The van der Waals surface area contributed by atoms with Crippen molar-refractivity contribution < 1.29 is 4.74 Å². The molecule has 0 aliphatic carbocycles. The van der Waals surface area contributed by atoms with Crippen molar-refractivity contribution in [2.75, 3.05) is 18.0 Å². The highest BCUT2D eigenvalue weighted by Crippen LogP contribution is 2.34. The SMILES string of the molecule is CCc1ccc2c(c1)N(CC#N)CC(CC)O2. The van der Waals surface area contributed by atoms with E-state index >= 15 is 0 Å². The summed E-state index contributed by atoms with van der Waals surface area (Å²) in [6.07, 6.45) is 2.17. The van der Waals surface area contributed by atoms with Crippen LogP contribution in [0.1, 0.15) is 25.8 Å². The molecule has 1 heterocycles. The van der Waals surface area contributed by atoms with E-state index in [9.17, 15) is 0 Å². The number of rotatable bonds is 3. The molecule has 3 heteroatoms. The minimum atomic E-state index is 0.198. The molecule has 90 valence electrons. The lowest BCUT2D eigenvalue weighted by molar-refractivity contribution is 0.190. The summed E-state index contributed by atoms with van der Waals surface area (Å²) in [5.74, 6) is 0.913. The molecule has 0 fully saturated rings. The minimum absolute atomic E-state index is 0.198. The van der Waals surface area contributed by atoms with Crippen LogP contribution >= 0.6 is 0 Å². The van der Waals surface area contributed by atoms with E-state index in [1.807, 2.05) is 6.07 Å². The van der Waals surface area contributed by atoms with Crippen LogP contribution in [0.2, 0.25) is 0 Å². The maximum atomic E-state index is 8.90. The normalized spacial score (nSPS) is 18.2. The zero-order valence-electron chi connectivity index (χ0n) is 10.4. The van der Waals surface area contributed by atoms with E-state index in [2.05, 4.69) is 36.9 Å². The van der Waals surface area contributed by atoms with Gasteiger partial charge in [-0.2, -0.15) is 5.26 Å². The van der Waals surface area contributed by atoms with Crippen molar-refractivity contribution in [2.24, 2.45) is 0 Å². The van der Waals surface area contributed by atoms with Crippen molar-refractivity contribution in [3.05, 3.63) is 23.8 Å². The van der Waals surface area contributed by atoms with Crippen LogP contribution in [-0.4, -0.2) is 19.2 Å². The molecule has 3 nitrogen and oxygen atoms in total. The summed E-state index contributed by atoms with van der Waals surface area (Å²) in [5.41, 5.74) is 2.35. The van der Waals surface area contributed by atoms with Gasteiger partial charge in [0.15, 0.2) is 0 Å². The van der Waals surface area contributed by atoms with Gasteiger partial charge < -0.3 is 9.64 Å². The molecule has 1 unspecified atom stereocenters. The van der Waals surface area contributed by atoms with Crippen LogP contribution in [0.4, 0.5) is 5.69 Å². The van der Waals surface area contributed by atoms with Crippen LogP contribution in [0.5, 0.6) is 5.75 Å². The molecular formula is C14H18N2O. The second-order valence-electron chi connectivity index (χ2n) is 4.34. The Balaban J connectivity index is 2.35. The van der Waals surface area contributed by atoms with Gasteiger partial charge in [-0.05, 0) is 30.5 Å². The van der Waals surface area contributed by atoms with Crippen molar-refractivity contribution in [1.29, 1.82) is 5.26 Å². The first-order chi connectivity index (χ1) is 8.28. The first-order valence-corrected chi connectivity index (χ1v) is 6.20. The van der Waals surface area contributed by atoms with Gasteiger partial charge in [-0.3, -0.25) is 0 Å². The lowest BCUT2D eigenvalue weighted by atomic mass is 10.1. The van der Waals surface area contributed by atoms with E-state index in [1.54, 1.807) is 0 Å². The van der Waals surface area contributed by atoms with Crippen molar-refractivity contribution in [1.82, 2.24) is 0 Å². The summed E-state index contributed by atoms with van der Waals surface area (Å²) >= 11 is 0. The largest absolute Gasteiger partial charge is 0.486 e. The van der Waals surface area contributed by atoms with Gasteiger partial charge in [0, 0.05) is 0 Å². The van der Waals surface area contributed by atoms with E-state index in [0.717, 1.165) is 30.8 Å². The monoisotopic (exact) mass is 230 g/mol. The lowest BCUT2D eigenvalue weighted by Gasteiger charge is -2.34. The van der Waals surface area contributed by atoms with E-state index < -0.39 is 0 Å². The summed E-state index contributed by atoms with van der Waals surface area (Å²) in [6.45, 7) is 5.49. The third-order valence-corrected chi connectivity index (χ3v) is 3.21. The zero-order chi connectivity index (χ0) is 12.3. The maximum Gasteiger partial charge on any atom is 0.143 e. The van der Waals surface area contributed by atoms with Crippen LogP contribution in [0.25, 0.3) is 0 Å². The number of benzene rings is 1. The summed E-state index contributed by atoms with van der Waals surface area (Å²) in [6, 6.07) is 8.50. The Hall–Kier alpha value is -1.69. The van der Waals surface area contributed by atoms with Crippen LogP contribution < -0.4 is 9.64 Å². The predicted molar refractivity (Wildman–Crippen MR) is 68.4 cm³/mol. The summed E-state index contributed by atoms with van der Waals surface area (Å²) < 4.78 is 5.91. The zero-order valence-corrected chi connectivity index (χ0v) is 10.4. The first-order valence-electron chi connectivity index (χ1n) is 6.20. The third-order valence-electron chi connectivity index (χ3n) is 3.21. The molecule has 1 aromatic carbocycles. The van der Waals surface area contributed by atoms with Crippen molar-refractivity contribution in [2.45, 2.75) is 32.8 Å². The highest BCUT2D eigenvalue weighted by atomic mass is 16.5. The Labute approximate surface area is 103 Å². The van der Waals surface area contributed by atoms with Gasteiger partial charge in [0.05, 0.1) is 18.3 Å². The molecule has 0 bridgehead atoms. The molecule has 0 N–H and O–H groups in total. The molecule has 1 aliphatic heterocycles. The number of nitrogens with zero attached hydrogens (tertiary/aromatic N) is 2. The fourth-order valence-electron chi connectivity index (χ4n) is 2.14. The number of hydrogen-bond acceptors (Lipinski definition) is 3. The van der Waals surface area contributed by atoms with Crippen molar-refractivity contribution in [3.63, 3.8) is 0 Å². The van der Waals surface area contributed by atoms with Gasteiger partial charge in [-0.25, -0.2) is 0 Å². The van der Waals surface area contributed by atoms with Gasteiger partial charge in [-0.1, -0.05) is 19.9 Å². The molecule has 0 saturated heterocycles. The molecule has 0 saturated carbocycles. The van der Waals surface area contributed by atoms with Gasteiger partial charge in [0.2, 0.25) is 0 Å². The standard InChI is InChI=1S/C14H18N2O/c1-3-11-5-6-14-13(9-11)16(8-7-15)10-12(4-2)17-14/h5-6,9,12H,3-4,8,10H2,1-2H3. The quantitative estimate of drug-likeness (QED) is 0.749. The molecule has 2 rings (SSSR count). The minimum Gasteiger partial charge on any atom is -0.486 e. The maximum absolute atomic E-state index is 8.90. The summed E-state index contributed by atoms with van der Waals surface area (Å²) in [4.78, 5) is 2.12.